The molecule has 0 radical (unpaired) electrons. The Bertz CT molecular complexity index is 522. The van der Waals surface area contributed by atoms with Crippen LogP contribution in [0.1, 0.15) is 22.1 Å². The third-order valence-electron chi connectivity index (χ3n) is 2.52. The third kappa shape index (κ3) is 3.57. The fourth-order valence-electron chi connectivity index (χ4n) is 1.72. The van der Waals surface area contributed by atoms with Gasteiger partial charge in [-0.05, 0) is 62.4 Å². The molecule has 1 unspecified atom stereocenters. The van der Waals surface area contributed by atoms with Crippen LogP contribution in [0.25, 0.3) is 0 Å². The van der Waals surface area contributed by atoms with E-state index < -0.39 is 0 Å². The molecule has 0 saturated heterocycles. The molecule has 1 atom stereocenters. The van der Waals surface area contributed by atoms with Gasteiger partial charge in [0.05, 0.1) is 12.9 Å². The predicted octanol–water partition coefficient (Wildman–Crippen LogP) is 6.10. The molecule has 1 heterocycles. The Morgan fingerprint density at radius 3 is 2.65 bits per heavy atom. The van der Waals surface area contributed by atoms with Crippen molar-refractivity contribution in [2.24, 2.45) is 0 Å². The normalized spacial score (nSPS) is 12.7. The van der Waals surface area contributed by atoms with E-state index in [0.29, 0.717) is 0 Å². The quantitative estimate of drug-likeness (QED) is 0.552. The van der Waals surface area contributed by atoms with E-state index in [1.807, 2.05) is 0 Å². The van der Waals surface area contributed by atoms with Crippen LogP contribution in [-0.2, 0) is 6.42 Å². The van der Waals surface area contributed by atoms with Crippen molar-refractivity contribution >= 4 is 54.8 Å². The summed E-state index contributed by atoms with van der Waals surface area (Å²) >= 11 is 15.2. The molecule has 2 aromatic rings. The standard InChI is InChI=1S/C13H11Br2ClS/c1-8-3-2-4-9(5-8)6-11(16)10-7-12(14)17-13(10)15/h2-5,7,11H,6H2,1H3. The zero-order valence-electron chi connectivity index (χ0n) is 9.21. The first-order valence-corrected chi connectivity index (χ1v) is 8.04. The van der Waals surface area contributed by atoms with E-state index in [-0.39, 0.29) is 5.38 Å². The molecule has 17 heavy (non-hydrogen) atoms. The average Bonchev–Trinajstić information content (AvgIpc) is 2.58. The summed E-state index contributed by atoms with van der Waals surface area (Å²) in [7, 11) is 0. The van der Waals surface area contributed by atoms with Crippen molar-refractivity contribution < 1.29 is 0 Å². The number of rotatable bonds is 3. The van der Waals surface area contributed by atoms with E-state index in [2.05, 4.69) is 69.1 Å². The molecule has 4 heteroatoms. The number of alkyl halides is 1. The van der Waals surface area contributed by atoms with Crippen LogP contribution in [0.2, 0.25) is 0 Å². The summed E-state index contributed by atoms with van der Waals surface area (Å²) in [6.07, 6.45) is 0.852. The van der Waals surface area contributed by atoms with Gasteiger partial charge < -0.3 is 0 Å². The van der Waals surface area contributed by atoms with Gasteiger partial charge in [0, 0.05) is 0 Å². The monoisotopic (exact) mass is 392 g/mol. The zero-order chi connectivity index (χ0) is 12.4. The minimum atomic E-state index is 0.00808. The molecule has 0 bridgehead atoms. The molecule has 0 aliphatic heterocycles. The van der Waals surface area contributed by atoms with Gasteiger partial charge in [0.25, 0.3) is 0 Å². The Hall–Kier alpha value is 0.170. The van der Waals surface area contributed by atoms with Crippen LogP contribution in [0.15, 0.2) is 37.9 Å². The number of benzene rings is 1. The van der Waals surface area contributed by atoms with Crippen molar-refractivity contribution in [3.8, 4) is 0 Å². The van der Waals surface area contributed by atoms with E-state index in [1.54, 1.807) is 11.3 Å². The van der Waals surface area contributed by atoms with Gasteiger partial charge >= 0.3 is 0 Å². The molecule has 1 aromatic heterocycles. The minimum absolute atomic E-state index is 0.00808. The van der Waals surface area contributed by atoms with Gasteiger partial charge in [-0.15, -0.1) is 22.9 Å². The summed E-state index contributed by atoms with van der Waals surface area (Å²) in [6, 6.07) is 10.6. The van der Waals surface area contributed by atoms with Gasteiger partial charge in [-0.25, -0.2) is 0 Å². The Balaban J connectivity index is 2.16. The Kier molecular flexibility index (Phi) is 4.70. The van der Waals surface area contributed by atoms with Gasteiger partial charge in [-0.2, -0.15) is 0 Å². The van der Waals surface area contributed by atoms with Crippen molar-refractivity contribution in [3.05, 3.63) is 54.6 Å². The van der Waals surface area contributed by atoms with Crippen LogP contribution in [0.5, 0.6) is 0 Å². The van der Waals surface area contributed by atoms with Crippen LogP contribution in [-0.4, -0.2) is 0 Å². The number of halogens is 3. The third-order valence-corrected chi connectivity index (χ3v) is 5.29. The minimum Gasteiger partial charge on any atom is -0.121 e. The Morgan fingerprint density at radius 1 is 1.29 bits per heavy atom. The zero-order valence-corrected chi connectivity index (χ0v) is 14.0. The van der Waals surface area contributed by atoms with E-state index >= 15 is 0 Å². The van der Waals surface area contributed by atoms with Gasteiger partial charge in [-0.3, -0.25) is 0 Å². The smallest absolute Gasteiger partial charge is 0.0757 e. The fraction of sp³-hybridized carbons (Fsp3) is 0.231. The summed E-state index contributed by atoms with van der Waals surface area (Å²) in [4.78, 5) is 0. The van der Waals surface area contributed by atoms with Crippen LogP contribution in [0, 0.1) is 6.92 Å². The molecule has 1 aromatic carbocycles. The molecule has 0 spiro atoms. The molecule has 0 N–H and O–H groups in total. The van der Waals surface area contributed by atoms with E-state index in [1.165, 1.54) is 11.1 Å². The van der Waals surface area contributed by atoms with Crippen LogP contribution >= 0.6 is 54.8 Å². The lowest BCUT2D eigenvalue weighted by molar-refractivity contribution is 0.919. The lowest BCUT2D eigenvalue weighted by Crippen LogP contribution is -1.95. The lowest BCUT2D eigenvalue weighted by Gasteiger charge is -2.09. The Labute approximate surface area is 127 Å². The highest BCUT2D eigenvalue weighted by Gasteiger charge is 2.15. The van der Waals surface area contributed by atoms with Gasteiger partial charge in [0.1, 0.15) is 0 Å². The van der Waals surface area contributed by atoms with Crippen molar-refractivity contribution in [2.45, 2.75) is 18.7 Å². The first-order valence-electron chi connectivity index (χ1n) is 5.20. The number of hydrogen-bond acceptors (Lipinski definition) is 1. The van der Waals surface area contributed by atoms with Crippen molar-refractivity contribution in [1.29, 1.82) is 0 Å². The van der Waals surface area contributed by atoms with Gasteiger partial charge in [-0.1, -0.05) is 29.8 Å². The largest absolute Gasteiger partial charge is 0.121 e. The molecular weight excluding hydrogens is 383 g/mol. The first-order chi connectivity index (χ1) is 8.06. The highest BCUT2D eigenvalue weighted by Crippen LogP contribution is 2.39. The first kappa shape index (κ1) is 13.6. The summed E-state index contributed by atoms with van der Waals surface area (Å²) in [5.41, 5.74) is 3.71. The van der Waals surface area contributed by atoms with E-state index in [9.17, 15) is 0 Å². The lowest BCUT2D eigenvalue weighted by atomic mass is 10.0. The molecule has 0 fully saturated rings. The van der Waals surface area contributed by atoms with Gasteiger partial charge in [0.15, 0.2) is 0 Å². The highest BCUT2D eigenvalue weighted by atomic mass is 79.9. The molecule has 0 aliphatic carbocycles. The number of aryl methyl sites for hydroxylation is 1. The van der Waals surface area contributed by atoms with Gasteiger partial charge in [0.2, 0.25) is 0 Å². The molecule has 0 nitrogen and oxygen atoms in total. The van der Waals surface area contributed by atoms with Crippen molar-refractivity contribution in [2.75, 3.05) is 0 Å². The maximum absolute atomic E-state index is 6.47. The second-order valence-corrected chi connectivity index (χ2v) is 8.22. The average molecular weight is 395 g/mol. The highest BCUT2D eigenvalue weighted by molar-refractivity contribution is 9.12. The molecular formula is C13H11Br2ClS. The number of thiophene rings is 1. The van der Waals surface area contributed by atoms with E-state index in [0.717, 1.165) is 19.6 Å². The second kappa shape index (κ2) is 5.87. The maximum atomic E-state index is 6.47. The molecule has 0 aliphatic rings. The second-order valence-electron chi connectivity index (χ2n) is 3.94. The van der Waals surface area contributed by atoms with E-state index in [4.69, 9.17) is 11.6 Å². The Morgan fingerprint density at radius 2 is 2.06 bits per heavy atom. The summed E-state index contributed by atoms with van der Waals surface area (Å²) < 4.78 is 2.21. The fourth-order valence-corrected chi connectivity index (χ4v) is 5.24. The summed E-state index contributed by atoms with van der Waals surface area (Å²) in [5, 5.41) is 0.00808. The molecule has 90 valence electrons. The topological polar surface area (TPSA) is 0 Å². The molecule has 0 saturated carbocycles. The van der Waals surface area contributed by atoms with Crippen molar-refractivity contribution in [3.63, 3.8) is 0 Å². The molecule has 0 amide bonds. The summed E-state index contributed by atoms with van der Waals surface area (Å²) in [5.74, 6) is 0. The predicted molar refractivity (Wildman–Crippen MR) is 83.2 cm³/mol. The maximum Gasteiger partial charge on any atom is 0.0757 e. The summed E-state index contributed by atoms with van der Waals surface area (Å²) in [6.45, 7) is 2.10. The van der Waals surface area contributed by atoms with Crippen LogP contribution in [0.4, 0.5) is 0 Å². The SMILES string of the molecule is Cc1cccc(CC(Cl)c2cc(Br)sc2Br)c1. The molecule has 2 rings (SSSR count). The van der Waals surface area contributed by atoms with Crippen LogP contribution < -0.4 is 0 Å². The van der Waals surface area contributed by atoms with Crippen LogP contribution in [0.3, 0.4) is 0 Å². The van der Waals surface area contributed by atoms with Crippen molar-refractivity contribution in [1.82, 2.24) is 0 Å². The number of hydrogen-bond donors (Lipinski definition) is 0.